The number of hydrogen-bond acceptors (Lipinski definition) is 7. The van der Waals surface area contributed by atoms with E-state index in [1.807, 2.05) is 22.6 Å². The van der Waals surface area contributed by atoms with Gasteiger partial charge < -0.3 is 9.84 Å². The lowest BCUT2D eigenvalue weighted by atomic mass is 10.2. The Morgan fingerprint density at radius 2 is 1.55 bits per heavy atom. The second-order valence-electron chi connectivity index (χ2n) is 6.33. The van der Waals surface area contributed by atoms with Crippen LogP contribution in [0.4, 0.5) is 5.69 Å². The van der Waals surface area contributed by atoms with Gasteiger partial charge >= 0.3 is 5.97 Å². The molecule has 0 bridgehead atoms. The quantitative estimate of drug-likeness (QED) is 0.143. The molecule has 3 aromatic carbocycles. The molecule has 0 radical (unpaired) electrons. The van der Waals surface area contributed by atoms with Crippen LogP contribution in [0.3, 0.4) is 0 Å². The number of esters is 1. The van der Waals surface area contributed by atoms with Gasteiger partial charge in [0.1, 0.15) is 16.2 Å². The summed E-state index contributed by atoms with van der Waals surface area (Å²) in [5.41, 5.74) is -0.267. The maximum atomic E-state index is 12.7. The van der Waals surface area contributed by atoms with Gasteiger partial charge in [-0.05, 0) is 98.1 Å². The Morgan fingerprint density at radius 3 is 2.12 bits per heavy atom. The first kappa shape index (κ1) is 26.4. The molecule has 3 aromatic rings. The molecule has 0 fully saturated rings. The van der Waals surface area contributed by atoms with E-state index in [-0.39, 0.29) is 29.0 Å². The van der Waals surface area contributed by atoms with Crippen LogP contribution in [0.2, 0.25) is 0 Å². The third kappa shape index (κ3) is 6.08. The fourth-order valence-electron chi connectivity index (χ4n) is 2.61. The highest BCUT2D eigenvalue weighted by Gasteiger charge is 2.26. The predicted molar refractivity (Wildman–Crippen MR) is 145 cm³/mol. The largest absolute Gasteiger partial charge is 0.507 e. The van der Waals surface area contributed by atoms with Gasteiger partial charge in [-0.1, -0.05) is 18.2 Å². The molecule has 0 saturated heterocycles. The van der Waals surface area contributed by atoms with Crippen LogP contribution in [0.15, 0.2) is 64.4 Å². The van der Waals surface area contributed by atoms with E-state index in [1.165, 1.54) is 24.3 Å². The topological polar surface area (TPSA) is 147 Å². The molecule has 0 unspecified atom stereocenters. The third-order valence-corrected chi connectivity index (χ3v) is 9.81. The second kappa shape index (κ2) is 10.2. The molecular formula is C19H12I3NO8S2. The lowest BCUT2D eigenvalue weighted by Crippen LogP contribution is -2.15. The normalized spacial score (nSPS) is 11.8. The fourth-order valence-corrected chi connectivity index (χ4v) is 9.57. The first-order chi connectivity index (χ1) is 15.3. The highest BCUT2D eigenvalue weighted by atomic mass is 127. The van der Waals surface area contributed by atoms with Crippen LogP contribution >= 0.6 is 67.8 Å². The number of anilines is 1. The maximum Gasteiger partial charge on any atom is 0.347 e. The van der Waals surface area contributed by atoms with Crippen LogP contribution in [-0.4, -0.2) is 32.5 Å². The van der Waals surface area contributed by atoms with Gasteiger partial charge in [0.2, 0.25) is 0 Å². The summed E-state index contributed by atoms with van der Waals surface area (Å²) in [5.74, 6) is -1.68. The zero-order valence-electron chi connectivity index (χ0n) is 16.0. The summed E-state index contributed by atoms with van der Waals surface area (Å²) in [5, 5.41) is 10.3. The second-order valence-corrected chi connectivity index (χ2v) is 12.8. The number of rotatable bonds is 6. The lowest BCUT2D eigenvalue weighted by Gasteiger charge is -2.14. The Morgan fingerprint density at radius 1 is 0.909 bits per heavy atom. The Balaban J connectivity index is 1.90. The number of benzene rings is 3. The fraction of sp³-hybridized carbons (Fsp3) is 0. The summed E-state index contributed by atoms with van der Waals surface area (Å²) in [4.78, 5) is 12.3. The molecule has 0 aliphatic rings. The van der Waals surface area contributed by atoms with E-state index in [0.717, 1.165) is 12.1 Å². The number of carbonyl (C=O) groups excluding carboxylic acids is 1. The van der Waals surface area contributed by atoms with Crippen molar-refractivity contribution in [2.75, 3.05) is 4.72 Å². The number of hydrogen-bond donors (Lipinski definition) is 3. The van der Waals surface area contributed by atoms with Crippen molar-refractivity contribution in [2.24, 2.45) is 0 Å². The number of nitrogens with one attached hydrogen (secondary N) is 1. The van der Waals surface area contributed by atoms with Crippen LogP contribution in [0, 0.1) is 10.7 Å². The zero-order valence-corrected chi connectivity index (χ0v) is 24.1. The van der Waals surface area contributed by atoms with E-state index >= 15 is 0 Å². The molecule has 3 rings (SSSR count). The van der Waals surface area contributed by atoms with Crippen molar-refractivity contribution in [1.29, 1.82) is 0 Å². The van der Waals surface area contributed by atoms with E-state index in [9.17, 15) is 31.3 Å². The average molecular weight is 827 g/mol. The number of aromatic hydroxyl groups is 1. The molecule has 174 valence electrons. The van der Waals surface area contributed by atoms with Crippen molar-refractivity contribution in [2.45, 2.75) is 9.79 Å². The van der Waals surface area contributed by atoms with Crippen LogP contribution in [-0.2, 0) is 20.1 Å². The Kier molecular flexibility index (Phi) is 8.14. The molecule has 0 aliphatic carbocycles. The van der Waals surface area contributed by atoms with Gasteiger partial charge in [-0.3, -0.25) is 9.27 Å². The van der Waals surface area contributed by atoms with Crippen molar-refractivity contribution in [3.8, 4) is 11.5 Å². The zero-order chi connectivity index (χ0) is 24.6. The number of carbonyl (C=O) groups is 1. The van der Waals surface area contributed by atoms with Gasteiger partial charge in [-0.2, -0.15) is 8.42 Å². The molecule has 14 heteroatoms. The molecule has 9 nitrogen and oxygen atoms in total. The van der Waals surface area contributed by atoms with Crippen molar-refractivity contribution in [3.63, 3.8) is 0 Å². The van der Waals surface area contributed by atoms with E-state index < -0.39 is 36.8 Å². The number of halogens is 3. The molecule has 0 saturated carbocycles. The molecule has 33 heavy (non-hydrogen) atoms. The minimum absolute atomic E-state index is 0.00789. The molecule has 0 aliphatic heterocycles. The first-order valence-electron chi connectivity index (χ1n) is 8.59. The van der Waals surface area contributed by atoms with Crippen molar-refractivity contribution in [1.82, 2.24) is 0 Å². The first-order valence-corrected chi connectivity index (χ1v) is 14.8. The van der Waals surface area contributed by atoms with Crippen LogP contribution < -0.4 is 9.46 Å². The summed E-state index contributed by atoms with van der Waals surface area (Å²) in [7, 11) is -8.49. The molecule has 0 amide bonds. The van der Waals surface area contributed by atoms with Crippen LogP contribution in [0.25, 0.3) is 0 Å². The SMILES string of the molecule is O=C(Oc1c(I)cc(I)c(S(=O)(=O)O)c1I)c1ccc(NS(=O)(=O)c2ccccc2)cc1O. The number of ether oxygens (including phenoxy) is 1. The van der Waals surface area contributed by atoms with Gasteiger partial charge in [0, 0.05) is 9.64 Å². The van der Waals surface area contributed by atoms with Crippen molar-refractivity contribution in [3.05, 3.63) is 70.9 Å². The average Bonchev–Trinajstić information content (AvgIpc) is 2.70. The van der Waals surface area contributed by atoms with Gasteiger partial charge in [0.15, 0.2) is 5.75 Å². The van der Waals surface area contributed by atoms with Gasteiger partial charge in [-0.15, -0.1) is 0 Å². The standard InChI is InChI=1S/C19H12I3NO8S2/c20-13-9-14(21)18(33(28,29)30)16(22)17(13)31-19(25)12-7-6-10(8-15(12)24)23-32(26,27)11-4-2-1-3-5-11/h1-9,23-24H,(H,28,29,30). The van der Waals surface area contributed by atoms with Gasteiger partial charge in [-0.25, -0.2) is 13.2 Å². The Hall–Kier alpha value is -1.22. The highest BCUT2D eigenvalue weighted by Crippen LogP contribution is 2.37. The summed E-state index contributed by atoms with van der Waals surface area (Å²) in [6.07, 6.45) is 0. The third-order valence-electron chi connectivity index (χ3n) is 4.06. The van der Waals surface area contributed by atoms with Crippen molar-refractivity contribution >= 4 is 99.6 Å². The Labute approximate surface area is 230 Å². The van der Waals surface area contributed by atoms with E-state index in [2.05, 4.69) is 4.72 Å². The summed E-state index contributed by atoms with van der Waals surface area (Å²) < 4.78 is 66.0. The molecule has 3 N–H and O–H groups in total. The highest BCUT2D eigenvalue weighted by molar-refractivity contribution is 14.1. The van der Waals surface area contributed by atoms with E-state index in [0.29, 0.717) is 3.57 Å². The van der Waals surface area contributed by atoms with E-state index in [1.54, 1.807) is 63.4 Å². The monoisotopic (exact) mass is 827 g/mol. The molecule has 0 heterocycles. The van der Waals surface area contributed by atoms with Crippen LogP contribution in [0.5, 0.6) is 11.5 Å². The van der Waals surface area contributed by atoms with Crippen molar-refractivity contribution < 1.29 is 36.0 Å². The number of phenolic OH excluding ortho intramolecular Hbond substituents is 1. The van der Waals surface area contributed by atoms with Crippen LogP contribution in [0.1, 0.15) is 10.4 Å². The molecule has 0 aromatic heterocycles. The van der Waals surface area contributed by atoms with Gasteiger partial charge in [0.05, 0.1) is 17.7 Å². The molecule has 0 spiro atoms. The molecular weight excluding hydrogens is 815 g/mol. The van der Waals surface area contributed by atoms with Gasteiger partial charge in [0.25, 0.3) is 20.1 Å². The molecule has 0 atom stereocenters. The lowest BCUT2D eigenvalue weighted by molar-refractivity contribution is 0.0728. The smallest absolute Gasteiger partial charge is 0.347 e. The number of phenols is 1. The maximum absolute atomic E-state index is 12.7. The predicted octanol–water partition coefficient (Wildman–Crippen LogP) is 4.47. The Bertz CT molecular complexity index is 1460. The minimum Gasteiger partial charge on any atom is -0.507 e. The van der Waals surface area contributed by atoms with E-state index in [4.69, 9.17) is 4.74 Å². The summed E-state index contributed by atoms with van der Waals surface area (Å²) >= 11 is 5.22. The minimum atomic E-state index is -4.58. The summed E-state index contributed by atoms with van der Waals surface area (Å²) in [6.45, 7) is 0. The summed E-state index contributed by atoms with van der Waals surface area (Å²) in [6, 6.07) is 12.5. The number of sulfonamides is 1.